The molecular weight excluding hydrogens is 555 g/mol. The number of hydrogen-bond donors (Lipinski definition) is 0. The molecule has 4 rings (SSSR count). The first-order valence-electron chi connectivity index (χ1n) is 12.0. The van der Waals surface area contributed by atoms with E-state index >= 15 is 0 Å². The zero-order valence-corrected chi connectivity index (χ0v) is 25.1. The first-order chi connectivity index (χ1) is 18.9. The van der Waals surface area contributed by atoms with Crippen LogP contribution in [0.1, 0.15) is 0 Å². The van der Waals surface area contributed by atoms with Crippen LogP contribution in [0.2, 0.25) is 10.0 Å². The molecular formula is C30H30Cl2O6Si. The monoisotopic (exact) mass is 584 g/mol. The first kappa shape index (κ1) is 28.8. The zero-order valence-electron chi connectivity index (χ0n) is 22.6. The lowest BCUT2D eigenvalue weighted by Gasteiger charge is -2.32. The highest BCUT2D eigenvalue weighted by Crippen LogP contribution is 2.43. The Balaban J connectivity index is 2.01. The number of rotatable bonds is 10. The molecule has 0 spiro atoms. The van der Waals surface area contributed by atoms with Crippen molar-refractivity contribution in [3.8, 4) is 45.3 Å². The number of halogens is 2. The number of benzene rings is 4. The molecule has 0 bridgehead atoms. The molecule has 0 radical (unpaired) electrons. The second-order valence-corrected chi connectivity index (χ2v) is 12.4. The Morgan fingerprint density at radius 1 is 0.436 bits per heavy atom. The summed E-state index contributed by atoms with van der Waals surface area (Å²) in [6, 6.07) is 22.8. The van der Waals surface area contributed by atoms with Crippen LogP contribution in [0, 0.1) is 0 Å². The Morgan fingerprint density at radius 2 is 0.795 bits per heavy atom. The molecule has 0 N–H and O–H groups in total. The van der Waals surface area contributed by atoms with E-state index in [4.69, 9.17) is 51.0 Å². The molecule has 0 fully saturated rings. The SMILES string of the molecule is COc1c(-c2ccccc2Cl)ccc([Si](OC)(OC)c2ccc(-c3ccccc3Cl)c(OC)c2OC)c1OC. The zero-order chi connectivity index (χ0) is 28.2. The van der Waals surface area contributed by atoms with E-state index in [2.05, 4.69) is 0 Å². The van der Waals surface area contributed by atoms with Crippen LogP contribution in [0.25, 0.3) is 22.3 Å². The Labute approximate surface area is 240 Å². The molecule has 0 aliphatic rings. The van der Waals surface area contributed by atoms with Crippen LogP contribution in [0.4, 0.5) is 0 Å². The minimum Gasteiger partial charge on any atom is -0.493 e. The lowest BCUT2D eigenvalue weighted by atomic mass is 10.0. The van der Waals surface area contributed by atoms with E-state index in [9.17, 15) is 0 Å². The van der Waals surface area contributed by atoms with E-state index in [1.165, 1.54) is 0 Å². The van der Waals surface area contributed by atoms with Gasteiger partial charge in [-0.25, -0.2) is 0 Å². The minimum atomic E-state index is -3.47. The van der Waals surface area contributed by atoms with Crippen molar-refractivity contribution in [1.29, 1.82) is 0 Å². The van der Waals surface area contributed by atoms with Crippen molar-refractivity contribution < 1.29 is 27.8 Å². The third-order valence-electron chi connectivity index (χ3n) is 6.65. The highest BCUT2D eigenvalue weighted by atomic mass is 35.5. The van der Waals surface area contributed by atoms with Crippen molar-refractivity contribution in [2.75, 3.05) is 42.7 Å². The summed E-state index contributed by atoms with van der Waals surface area (Å²) in [5.41, 5.74) is 3.17. The molecule has 204 valence electrons. The van der Waals surface area contributed by atoms with Gasteiger partial charge in [0.2, 0.25) is 0 Å². The van der Waals surface area contributed by atoms with Gasteiger partial charge in [0, 0.05) is 56.9 Å². The normalized spacial score (nSPS) is 11.3. The fourth-order valence-corrected chi connectivity index (χ4v) is 8.35. The maximum Gasteiger partial charge on any atom is 0.414 e. The van der Waals surface area contributed by atoms with Gasteiger partial charge < -0.3 is 27.8 Å². The predicted octanol–water partition coefficient (Wildman–Crippen LogP) is 6.21. The molecule has 0 heterocycles. The van der Waals surface area contributed by atoms with Gasteiger partial charge in [-0.3, -0.25) is 0 Å². The summed E-state index contributed by atoms with van der Waals surface area (Å²) >= 11 is 13.1. The molecule has 0 saturated heterocycles. The van der Waals surface area contributed by atoms with Gasteiger partial charge in [-0.05, 0) is 12.1 Å². The summed E-state index contributed by atoms with van der Waals surface area (Å²) in [5, 5.41) is 2.56. The summed E-state index contributed by atoms with van der Waals surface area (Å²) < 4.78 is 36.2. The predicted molar refractivity (Wildman–Crippen MR) is 159 cm³/mol. The van der Waals surface area contributed by atoms with Crippen LogP contribution < -0.4 is 29.3 Å². The van der Waals surface area contributed by atoms with Crippen LogP contribution in [0.15, 0.2) is 72.8 Å². The molecule has 0 atom stereocenters. The molecule has 0 saturated carbocycles. The van der Waals surface area contributed by atoms with Gasteiger partial charge in [0.25, 0.3) is 0 Å². The highest BCUT2D eigenvalue weighted by molar-refractivity contribution is 6.93. The first-order valence-corrected chi connectivity index (χ1v) is 14.6. The Bertz CT molecular complexity index is 1370. The Hall–Kier alpha value is -3.20. The molecule has 4 aromatic carbocycles. The summed E-state index contributed by atoms with van der Waals surface area (Å²) in [6.07, 6.45) is 0. The van der Waals surface area contributed by atoms with E-state index in [1.54, 1.807) is 42.7 Å². The summed E-state index contributed by atoms with van der Waals surface area (Å²) in [7, 11) is 6.09. The van der Waals surface area contributed by atoms with Gasteiger partial charge in [-0.15, -0.1) is 0 Å². The number of ether oxygens (including phenoxy) is 4. The van der Waals surface area contributed by atoms with Gasteiger partial charge in [0.05, 0.1) is 28.4 Å². The van der Waals surface area contributed by atoms with Gasteiger partial charge >= 0.3 is 8.56 Å². The third-order valence-corrected chi connectivity index (χ3v) is 10.7. The Kier molecular flexibility index (Phi) is 9.10. The fourth-order valence-electron chi connectivity index (χ4n) is 4.91. The van der Waals surface area contributed by atoms with Gasteiger partial charge in [0.15, 0.2) is 23.0 Å². The van der Waals surface area contributed by atoms with Crippen molar-refractivity contribution >= 4 is 42.1 Å². The van der Waals surface area contributed by atoms with E-state index in [-0.39, 0.29) is 0 Å². The van der Waals surface area contributed by atoms with E-state index < -0.39 is 8.56 Å². The quantitative estimate of drug-likeness (QED) is 0.206. The van der Waals surface area contributed by atoms with Crippen molar-refractivity contribution in [3.63, 3.8) is 0 Å². The van der Waals surface area contributed by atoms with Crippen molar-refractivity contribution in [1.82, 2.24) is 0 Å². The van der Waals surface area contributed by atoms with Crippen molar-refractivity contribution in [2.45, 2.75) is 0 Å². The topological polar surface area (TPSA) is 55.4 Å². The minimum absolute atomic E-state index is 0.474. The summed E-state index contributed by atoms with van der Waals surface area (Å²) in [4.78, 5) is 0. The third kappa shape index (κ3) is 4.97. The van der Waals surface area contributed by atoms with Crippen LogP contribution in [-0.4, -0.2) is 51.2 Å². The molecule has 0 unspecified atom stereocenters. The highest BCUT2D eigenvalue weighted by Gasteiger charge is 2.48. The maximum absolute atomic E-state index is 6.54. The van der Waals surface area contributed by atoms with Gasteiger partial charge in [0.1, 0.15) is 0 Å². The van der Waals surface area contributed by atoms with Crippen LogP contribution in [-0.2, 0) is 8.85 Å². The average molecular weight is 586 g/mol. The molecule has 0 aliphatic carbocycles. The van der Waals surface area contributed by atoms with Crippen molar-refractivity contribution in [3.05, 3.63) is 82.8 Å². The molecule has 9 heteroatoms. The lowest BCUT2D eigenvalue weighted by Crippen LogP contribution is -2.62. The maximum atomic E-state index is 6.54. The fraction of sp³-hybridized carbons (Fsp3) is 0.200. The molecule has 6 nitrogen and oxygen atoms in total. The van der Waals surface area contributed by atoms with Crippen LogP contribution >= 0.6 is 23.2 Å². The van der Waals surface area contributed by atoms with Gasteiger partial charge in [-0.1, -0.05) is 83.9 Å². The Morgan fingerprint density at radius 3 is 1.10 bits per heavy atom. The van der Waals surface area contributed by atoms with E-state index in [0.29, 0.717) is 43.4 Å². The number of hydrogen-bond acceptors (Lipinski definition) is 6. The molecule has 0 aromatic heterocycles. The standard InChI is InChI=1S/C30H30Cl2O6Si/c1-33-27-21(19-11-7-9-13-23(19)31)15-17-25(29(27)35-3)39(37-5,38-6)26-18-16-22(28(34-2)30(26)36-4)20-12-8-10-14-24(20)32/h7-18H,1-6H3. The van der Waals surface area contributed by atoms with Crippen LogP contribution in [0.5, 0.6) is 23.0 Å². The van der Waals surface area contributed by atoms with Gasteiger partial charge in [-0.2, -0.15) is 0 Å². The molecule has 0 amide bonds. The second-order valence-electron chi connectivity index (χ2n) is 8.44. The van der Waals surface area contributed by atoms with E-state index in [0.717, 1.165) is 22.3 Å². The lowest BCUT2D eigenvalue weighted by molar-refractivity contribution is 0.268. The summed E-state index contributed by atoms with van der Waals surface area (Å²) in [6.45, 7) is 0. The second kappa shape index (κ2) is 12.3. The molecule has 39 heavy (non-hydrogen) atoms. The summed E-state index contributed by atoms with van der Waals surface area (Å²) in [5.74, 6) is 1.96. The van der Waals surface area contributed by atoms with E-state index in [1.807, 2.05) is 72.8 Å². The smallest absolute Gasteiger partial charge is 0.414 e. The molecule has 4 aromatic rings. The number of methoxy groups -OCH3 is 4. The van der Waals surface area contributed by atoms with Crippen LogP contribution in [0.3, 0.4) is 0 Å². The molecule has 0 aliphatic heterocycles. The van der Waals surface area contributed by atoms with Crippen molar-refractivity contribution in [2.24, 2.45) is 0 Å². The largest absolute Gasteiger partial charge is 0.493 e. The average Bonchev–Trinajstić information content (AvgIpc) is 2.97.